The molecule has 0 saturated carbocycles. The van der Waals surface area contributed by atoms with Crippen molar-refractivity contribution in [3.8, 4) is 0 Å². The van der Waals surface area contributed by atoms with Crippen LogP contribution in [-0.2, 0) is 4.74 Å². The number of imidazole rings is 1. The van der Waals surface area contributed by atoms with Gasteiger partial charge in [0.05, 0.1) is 12.0 Å². The summed E-state index contributed by atoms with van der Waals surface area (Å²) in [7, 11) is 0. The van der Waals surface area contributed by atoms with Crippen LogP contribution in [0, 0.1) is 0 Å². The fraction of sp³-hybridized carbons (Fsp3) is 0.667. The number of rotatable bonds is 1. The molecule has 0 spiro atoms. The third-order valence-corrected chi connectivity index (χ3v) is 2.78. The smallest absolute Gasteiger partial charge is 0.410 e. The predicted molar refractivity (Wildman–Crippen MR) is 63.8 cm³/mol. The molecule has 1 saturated heterocycles. The summed E-state index contributed by atoms with van der Waals surface area (Å²) in [6.07, 6.45) is 4.29. The molecular formula is C12H19N3O2. The molecule has 0 aliphatic carbocycles. The molecule has 1 N–H and O–H groups in total. The van der Waals surface area contributed by atoms with E-state index in [9.17, 15) is 4.79 Å². The molecule has 1 unspecified atom stereocenters. The van der Waals surface area contributed by atoms with Crippen molar-refractivity contribution in [2.24, 2.45) is 0 Å². The van der Waals surface area contributed by atoms with Crippen molar-refractivity contribution < 1.29 is 9.53 Å². The van der Waals surface area contributed by atoms with Gasteiger partial charge in [-0.05, 0) is 27.2 Å². The minimum Gasteiger partial charge on any atom is -0.444 e. The molecule has 0 radical (unpaired) electrons. The Morgan fingerprint density at radius 1 is 1.59 bits per heavy atom. The Bertz CT molecular complexity index is 381. The lowest BCUT2D eigenvalue weighted by atomic mass is 10.1. The van der Waals surface area contributed by atoms with Gasteiger partial charge in [0.25, 0.3) is 0 Å². The van der Waals surface area contributed by atoms with Gasteiger partial charge in [0.15, 0.2) is 0 Å². The first-order valence-electron chi connectivity index (χ1n) is 5.92. The molecule has 1 aromatic rings. The molecule has 5 heteroatoms. The number of likely N-dealkylation sites (tertiary alicyclic amines) is 1. The van der Waals surface area contributed by atoms with Gasteiger partial charge in [-0.15, -0.1) is 0 Å². The lowest BCUT2D eigenvalue weighted by Gasteiger charge is -2.24. The summed E-state index contributed by atoms with van der Waals surface area (Å²) in [5.41, 5.74) is 0.595. The number of ether oxygens (including phenoxy) is 1. The molecule has 94 valence electrons. The maximum absolute atomic E-state index is 11.9. The van der Waals surface area contributed by atoms with Crippen LogP contribution in [0.5, 0.6) is 0 Å². The molecule has 1 aliphatic heterocycles. The highest BCUT2D eigenvalue weighted by molar-refractivity contribution is 5.68. The largest absolute Gasteiger partial charge is 0.444 e. The third-order valence-electron chi connectivity index (χ3n) is 2.78. The maximum atomic E-state index is 11.9. The molecule has 1 aromatic heterocycles. The molecule has 5 nitrogen and oxygen atoms in total. The summed E-state index contributed by atoms with van der Waals surface area (Å²) in [5, 5.41) is 0. The number of carbonyl (C=O) groups excluding carboxylic acids is 1. The van der Waals surface area contributed by atoms with E-state index in [1.54, 1.807) is 11.2 Å². The van der Waals surface area contributed by atoms with E-state index in [-0.39, 0.29) is 6.09 Å². The summed E-state index contributed by atoms with van der Waals surface area (Å²) in [6.45, 7) is 7.08. The van der Waals surface area contributed by atoms with Crippen molar-refractivity contribution in [3.05, 3.63) is 18.2 Å². The number of H-pyrrole nitrogens is 1. The molecule has 1 aliphatic rings. The predicted octanol–water partition coefficient (Wildman–Crippen LogP) is 2.13. The first kappa shape index (κ1) is 12.0. The standard InChI is InChI=1S/C12H19N3O2/c1-12(2,3)17-11(16)15-5-4-9(7-15)10-6-13-8-14-10/h6,8-9H,4-5,7H2,1-3H3,(H,13,14). The van der Waals surface area contributed by atoms with E-state index in [1.807, 2.05) is 27.0 Å². The van der Waals surface area contributed by atoms with Crippen LogP contribution in [-0.4, -0.2) is 39.7 Å². The Hall–Kier alpha value is -1.52. The average molecular weight is 237 g/mol. The van der Waals surface area contributed by atoms with Gasteiger partial charge >= 0.3 is 6.09 Å². The van der Waals surface area contributed by atoms with E-state index in [2.05, 4.69) is 9.97 Å². The van der Waals surface area contributed by atoms with E-state index in [4.69, 9.17) is 4.74 Å². The second-order valence-corrected chi connectivity index (χ2v) is 5.41. The number of amides is 1. The molecule has 1 fully saturated rings. The third kappa shape index (κ3) is 2.99. The summed E-state index contributed by atoms with van der Waals surface area (Å²) < 4.78 is 5.35. The fourth-order valence-corrected chi connectivity index (χ4v) is 1.99. The SMILES string of the molecule is CC(C)(C)OC(=O)N1CCC(c2c[nH]cn2)C1. The quantitative estimate of drug-likeness (QED) is 0.814. The summed E-state index contributed by atoms with van der Waals surface area (Å²) in [6, 6.07) is 0. The Morgan fingerprint density at radius 3 is 2.94 bits per heavy atom. The highest BCUT2D eigenvalue weighted by Crippen LogP contribution is 2.26. The molecule has 1 atom stereocenters. The molecule has 2 heterocycles. The van der Waals surface area contributed by atoms with Crippen LogP contribution >= 0.6 is 0 Å². The van der Waals surface area contributed by atoms with Gasteiger partial charge in [0, 0.05) is 25.2 Å². The number of aromatic nitrogens is 2. The van der Waals surface area contributed by atoms with E-state index >= 15 is 0 Å². The maximum Gasteiger partial charge on any atom is 0.410 e. The molecular weight excluding hydrogens is 218 g/mol. The second kappa shape index (κ2) is 4.39. The Kier molecular flexibility index (Phi) is 3.09. The zero-order valence-electron chi connectivity index (χ0n) is 10.6. The van der Waals surface area contributed by atoms with Gasteiger partial charge in [-0.3, -0.25) is 0 Å². The molecule has 2 rings (SSSR count). The Morgan fingerprint density at radius 2 is 2.35 bits per heavy atom. The number of hydrogen-bond donors (Lipinski definition) is 1. The normalized spacial score (nSPS) is 20.6. The van der Waals surface area contributed by atoms with Crippen LogP contribution in [0.3, 0.4) is 0 Å². The Balaban J connectivity index is 1.92. The van der Waals surface area contributed by atoms with Crippen LogP contribution in [0.1, 0.15) is 38.8 Å². The van der Waals surface area contributed by atoms with Crippen LogP contribution in [0.25, 0.3) is 0 Å². The lowest BCUT2D eigenvalue weighted by molar-refractivity contribution is 0.0292. The van der Waals surface area contributed by atoms with Crippen LogP contribution < -0.4 is 0 Å². The highest BCUT2D eigenvalue weighted by Gasteiger charge is 2.31. The van der Waals surface area contributed by atoms with E-state index < -0.39 is 5.60 Å². The zero-order chi connectivity index (χ0) is 12.5. The minimum absolute atomic E-state index is 0.226. The van der Waals surface area contributed by atoms with Gasteiger partial charge in [-0.1, -0.05) is 0 Å². The van der Waals surface area contributed by atoms with E-state index in [0.29, 0.717) is 12.5 Å². The van der Waals surface area contributed by atoms with Crippen molar-refractivity contribution in [2.75, 3.05) is 13.1 Å². The molecule has 0 bridgehead atoms. The summed E-state index contributed by atoms with van der Waals surface area (Å²) in [5.74, 6) is 0.328. The van der Waals surface area contributed by atoms with Crippen molar-refractivity contribution in [1.29, 1.82) is 0 Å². The number of nitrogens with one attached hydrogen (secondary N) is 1. The van der Waals surface area contributed by atoms with Crippen molar-refractivity contribution in [3.63, 3.8) is 0 Å². The van der Waals surface area contributed by atoms with E-state index in [0.717, 1.165) is 18.7 Å². The number of nitrogens with zero attached hydrogens (tertiary/aromatic N) is 2. The fourth-order valence-electron chi connectivity index (χ4n) is 1.99. The van der Waals surface area contributed by atoms with Crippen molar-refractivity contribution in [2.45, 2.75) is 38.7 Å². The molecule has 0 aromatic carbocycles. The van der Waals surface area contributed by atoms with Gasteiger partial charge < -0.3 is 14.6 Å². The van der Waals surface area contributed by atoms with Gasteiger partial charge in [0.1, 0.15) is 5.60 Å². The first-order valence-corrected chi connectivity index (χ1v) is 5.92. The topological polar surface area (TPSA) is 58.2 Å². The highest BCUT2D eigenvalue weighted by atomic mass is 16.6. The zero-order valence-corrected chi connectivity index (χ0v) is 10.6. The molecule has 1 amide bonds. The van der Waals surface area contributed by atoms with Crippen LogP contribution in [0.15, 0.2) is 12.5 Å². The van der Waals surface area contributed by atoms with Crippen LogP contribution in [0.2, 0.25) is 0 Å². The summed E-state index contributed by atoms with van der Waals surface area (Å²) in [4.78, 5) is 20.8. The van der Waals surface area contributed by atoms with Gasteiger partial charge in [0.2, 0.25) is 0 Å². The van der Waals surface area contributed by atoms with E-state index in [1.165, 1.54) is 0 Å². The van der Waals surface area contributed by atoms with Crippen molar-refractivity contribution >= 4 is 6.09 Å². The lowest BCUT2D eigenvalue weighted by Crippen LogP contribution is -2.35. The number of aromatic amines is 1. The Labute approximate surface area is 101 Å². The monoisotopic (exact) mass is 237 g/mol. The number of hydrogen-bond acceptors (Lipinski definition) is 3. The average Bonchev–Trinajstić information content (AvgIpc) is 2.86. The van der Waals surface area contributed by atoms with Gasteiger partial charge in [-0.25, -0.2) is 9.78 Å². The first-order chi connectivity index (χ1) is 7.96. The van der Waals surface area contributed by atoms with Gasteiger partial charge in [-0.2, -0.15) is 0 Å². The van der Waals surface area contributed by atoms with Crippen LogP contribution in [0.4, 0.5) is 4.79 Å². The molecule has 17 heavy (non-hydrogen) atoms. The number of carbonyl (C=O) groups is 1. The van der Waals surface area contributed by atoms with Crippen molar-refractivity contribution in [1.82, 2.24) is 14.9 Å². The minimum atomic E-state index is -0.429. The second-order valence-electron chi connectivity index (χ2n) is 5.41. The summed E-state index contributed by atoms with van der Waals surface area (Å²) >= 11 is 0.